The van der Waals surface area contributed by atoms with Crippen molar-refractivity contribution in [1.82, 2.24) is 10.0 Å². The Bertz CT molecular complexity index is 998. The molecule has 1 aromatic carbocycles. The van der Waals surface area contributed by atoms with Crippen molar-refractivity contribution in [1.29, 1.82) is 0 Å². The molecular formula is C23H30N2O6S. The van der Waals surface area contributed by atoms with Crippen LogP contribution in [0.2, 0.25) is 0 Å². The highest BCUT2D eigenvalue weighted by Crippen LogP contribution is 2.55. The molecule has 5 saturated carbocycles. The lowest BCUT2D eigenvalue weighted by Gasteiger charge is -2.56. The van der Waals surface area contributed by atoms with Gasteiger partial charge in [0.2, 0.25) is 10.0 Å². The van der Waals surface area contributed by atoms with E-state index in [1.807, 2.05) is 0 Å². The molecule has 9 heteroatoms. The molecule has 5 aliphatic rings. The van der Waals surface area contributed by atoms with E-state index in [9.17, 15) is 18.0 Å². The molecule has 6 rings (SSSR count). The van der Waals surface area contributed by atoms with Gasteiger partial charge in [-0.05, 0) is 87.3 Å². The molecule has 4 bridgehead atoms. The van der Waals surface area contributed by atoms with Crippen LogP contribution in [0.1, 0.15) is 61.7 Å². The van der Waals surface area contributed by atoms with Gasteiger partial charge in [0, 0.05) is 11.6 Å². The maximum absolute atomic E-state index is 12.6. The zero-order valence-corrected chi connectivity index (χ0v) is 19.1. The molecule has 0 radical (unpaired) electrons. The minimum Gasteiger partial charge on any atom is -0.495 e. The predicted octanol–water partition coefficient (Wildman–Crippen LogP) is 2.38. The van der Waals surface area contributed by atoms with Crippen molar-refractivity contribution >= 4 is 21.9 Å². The number of amides is 1. The van der Waals surface area contributed by atoms with E-state index in [4.69, 9.17) is 9.47 Å². The van der Waals surface area contributed by atoms with Gasteiger partial charge in [-0.2, -0.15) is 0 Å². The number of rotatable bonds is 8. The lowest BCUT2D eigenvalue weighted by Crippen LogP contribution is -2.60. The van der Waals surface area contributed by atoms with E-state index in [1.165, 1.54) is 44.6 Å². The van der Waals surface area contributed by atoms with Crippen LogP contribution in [0.25, 0.3) is 0 Å². The fraction of sp³-hybridized carbons (Fsp3) is 0.652. The van der Waals surface area contributed by atoms with Crippen LogP contribution in [0.15, 0.2) is 23.1 Å². The van der Waals surface area contributed by atoms with Crippen molar-refractivity contribution in [2.75, 3.05) is 13.7 Å². The SMILES string of the molecule is COc1ccc(C(=O)OCC(=O)NC23CC4CC(CC(C4)C2)C3)cc1S(=O)(=O)NC1CC1. The third-order valence-electron chi connectivity index (χ3n) is 7.37. The number of methoxy groups -OCH3 is 1. The van der Waals surface area contributed by atoms with E-state index >= 15 is 0 Å². The lowest BCUT2D eigenvalue weighted by atomic mass is 9.53. The summed E-state index contributed by atoms with van der Waals surface area (Å²) in [6.45, 7) is -0.380. The van der Waals surface area contributed by atoms with Crippen LogP contribution in [0.4, 0.5) is 0 Å². The van der Waals surface area contributed by atoms with Crippen LogP contribution in [0.5, 0.6) is 5.75 Å². The van der Waals surface area contributed by atoms with Crippen molar-refractivity contribution < 1.29 is 27.5 Å². The largest absolute Gasteiger partial charge is 0.495 e. The molecule has 0 heterocycles. The van der Waals surface area contributed by atoms with Crippen LogP contribution in [-0.2, 0) is 19.6 Å². The zero-order chi connectivity index (χ0) is 22.5. The van der Waals surface area contributed by atoms with Gasteiger partial charge < -0.3 is 14.8 Å². The molecule has 0 saturated heterocycles. The molecule has 5 fully saturated rings. The summed E-state index contributed by atoms with van der Waals surface area (Å²) in [7, 11) is -2.45. The maximum Gasteiger partial charge on any atom is 0.338 e. The first kappa shape index (κ1) is 21.7. The normalized spacial score (nSPS) is 30.7. The summed E-state index contributed by atoms with van der Waals surface area (Å²) in [6, 6.07) is 4.03. The number of nitrogens with one attached hydrogen (secondary N) is 2. The third-order valence-corrected chi connectivity index (χ3v) is 8.91. The summed E-state index contributed by atoms with van der Waals surface area (Å²) < 4.78 is 38.3. The van der Waals surface area contributed by atoms with Gasteiger partial charge in [0.15, 0.2) is 6.61 Å². The molecule has 174 valence electrons. The molecule has 0 aromatic heterocycles. The number of esters is 1. The van der Waals surface area contributed by atoms with E-state index in [0.717, 1.165) is 32.1 Å². The Balaban J connectivity index is 1.22. The minimum atomic E-state index is -3.82. The molecule has 2 N–H and O–H groups in total. The maximum atomic E-state index is 12.6. The lowest BCUT2D eigenvalue weighted by molar-refractivity contribution is -0.130. The smallest absolute Gasteiger partial charge is 0.338 e. The highest BCUT2D eigenvalue weighted by Gasteiger charge is 2.51. The zero-order valence-electron chi connectivity index (χ0n) is 18.3. The second-order valence-electron chi connectivity index (χ2n) is 10.1. The van der Waals surface area contributed by atoms with Gasteiger partial charge in [-0.25, -0.2) is 17.9 Å². The minimum absolute atomic E-state index is 0.0598. The van der Waals surface area contributed by atoms with Gasteiger partial charge in [0.1, 0.15) is 10.6 Å². The monoisotopic (exact) mass is 462 g/mol. The summed E-state index contributed by atoms with van der Waals surface area (Å²) in [5.41, 5.74) is -0.0850. The van der Waals surface area contributed by atoms with Gasteiger partial charge in [-0.15, -0.1) is 0 Å². The molecule has 0 aliphatic heterocycles. The molecule has 0 spiro atoms. The molecule has 5 aliphatic carbocycles. The van der Waals surface area contributed by atoms with E-state index in [2.05, 4.69) is 10.0 Å². The van der Waals surface area contributed by atoms with Gasteiger partial charge >= 0.3 is 5.97 Å². The molecule has 0 unspecified atom stereocenters. The van der Waals surface area contributed by atoms with E-state index < -0.39 is 16.0 Å². The van der Waals surface area contributed by atoms with Crippen LogP contribution in [0, 0.1) is 17.8 Å². The number of hydrogen-bond donors (Lipinski definition) is 2. The van der Waals surface area contributed by atoms with E-state index in [1.54, 1.807) is 0 Å². The van der Waals surface area contributed by atoms with Crippen molar-refractivity contribution in [3.8, 4) is 5.75 Å². The first-order chi connectivity index (χ1) is 15.2. The predicted molar refractivity (Wildman–Crippen MR) is 116 cm³/mol. The van der Waals surface area contributed by atoms with Gasteiger partial charge in [0.05, 0.1) is 12.7 Å². The van der Waals surface area contributed by atoms with Crippen LogP contribution in [0.3, 0.4) is 0 Å². The summed E-state index contributed by atoms with van der Waals surface area (Å²) >= 11 is 0. The van der Waals surface area contributed by atoms with Crippen molar-refractivity contribution in [2.45, 2.75) is 67.8 Å². The second-order valence-corrected chi connectivity index (χ2v) is 11.8. The Morgan fingerprint density at radius 1 is 1.06 bits per heavy atom. The first-order valence-corrected chi connectivity index (χ1v) is 12.9. The summed E-state index contributed by atoms with van der Waals surface area (Å²) in [5, 5.41) is 3.17. The first-order valence-electron chi connectivity index (χ1n) is 11.4. The van der Waals surface area contributed by atoms with Crippen molar-refractivity contribution in [2.24, 2.45) is 17.8 Å². The van der Waals surface area contributed by atoms with Crippen LogP contribution in [-0.4, -0.2) is 45.6 Å². The molecule has 1 aromatic rings. The Morgan fingerprint density at radius 3 is 2.25 bits per heavy atom. The quantitative estimate of drug-likeness (QED) is 0.574. The van der Waals surface area contributed by atoms with E-state index in [-0.39, 0.29) is 40.3 Å². The third kappa shape index (κ3) is 4.37. The molecule has 0 atom stereocenters. The molecule has 32 heavy (non-hydrogen) atoms. The Hall–Kier alpha value is -2.13. The fourth-order valence-corrected chi connectivity index (χ4v) is 7.81. The average molecular weight is 463 g/mol. The number of carbonyl (C=O) groups is 2. The van der Waals surface area contributed by atoms with Crippen LogP contribution >= 0.6 is 0 Å². The standard InChI is InChI=1S/C23H30N2O6S/c1-30-19-5-2-17(9-20(19)32(28,29)25-18-3-4-18)22(27)31-13-21(26)24-23-10-14-6-15(11-23)8-16(7-14)12-23/h2,5,9,14-16,18,25H,3-4,6-8,10-13H2,1H3,(H,24,26). The Labute approximate surface area is 188 Å². The Kier molecular flexibility index (Phi) is 5.44. The number of carbonyl (C=O) groups excluding carboxylic acids is 2. The summed E-state index contributed by atoms with van der Waals surface area (Å²) in [4.78, 5) is 25.1. The molecular weight excluding hydrogens is 432 g/mol. The second kappa shape index (κ2) is 8.02. The number of sulfonamides is 1. The average Bonchev–Trinajstić information content (AvgIpc) is 3.53. The van der Waals surface area contributed by atoms with Crippen molar-refractivity contribution in [3.63, 3.8) is 0 Å². The highest BCUT2D eigenvalue weighted by molar-refractivity contribution is 7.89. The number of benzene rings is 1. The van der Waals surface area contributed by atoms with Crippen molar-refractivity contribution in [3.05, 3.63) is 23.8 Å². The topological polar surface area (TPSA) is 111 Å². The van der Waals surface area contributed by atoms with Gasteiger partial charge in [-0.1, -0.05) is 0 Å². The molecule has 1 amide bonds. The number of hydrogen-bond acceptors (Lipinski definition) is 6. The summed E-state index contributed by atoms with van der Waals surface area (Å²) in [5.74, 6) is 1.22. The fourth-order valence-electron chi connectivity index (χ4n) is 6.31. The van der Waals surface area contributed by atoms with Gasteiger partial charge in [0.25, 0.3) is 5.91 Å². The molecule has 8 nitrogen and oxygen atoms in total. The highest BCUT2D eigenvalue weighted by atomic mass is 32.2. The van der Waals surface area contributed by atoms with E-state index in [0.29, 0.717) is 17.8 Å². The van der Waals surface area contributed by atoms with Gasteiger partial charge in [-0.3, -0.25) is 4.79 Å². The summed E-state index contributed by atoms with van der Waals surface area (Å²) in [6.07, 6.45) is 8.49. The number of ether oxygens (including phenoxy) is 2. The van der Waals surface area contributed by atoms with Crippen LogP contribution < -0.4 is 14.8 Å². The Morgan fingerprint density at radius 2 is 1.69 bits per heavy atom.